The molecule has 2 aliphatic rings. The van der Waals surface area contributed by atoms with Crippen LogP contribution < -0.4 is 0 Å². The highest BCUT2D eigenvalue weighted by molar-refractivity contribution is 5.77. The molecule has 1 aromatic carbocycles. The predicted octanol–water partition coefficient (Wildman–Crippen LogP) is 2.30. The molecule has 2 aliphatic heterocycles. The second-order valence-corrected chi connectivity index (χ2v) is 8.03. The molecule has 2 saturated heterocycles. The zero-order valence-electron chi connectivity index (χ0n) is 16.2. The van der Waals surface area contributed by atoms with Crippen molar-refractivity contribution in [1.82, 2.24) is 9.80 Å². The van der Waals surface area contributed by atoms with Crippen LogP contribution in [-0.4, -0.2) is 74.4 Å². The third kappa shape index (κ3) is 5.29. The van der Waals surface area contributed by atoms with Gasteiger partial charge < -0.3 is 14.4 Å². The minimum absolute atomic E-state index is 0.0967. The Labute approximate surface area is 157 Å². The van der Waals surface area contributed by atoms with E-state index in [2.05, 4.69) is 30.9 Å². The monoisotopic (exact) mass is 360 g/mol. The van der Waals surface area contributed by atoms with Crippen molar-refractivity contribution < 1.29 is 14.3 Å². The predicted molar refractivity (Wildman–Crippen MR) is 102 cm³/mol. The lowest BCUT2D eigenvalue weighted by molar-refractivity contribution is -0.133. The first-order valence-corrected chi connectivity index (χ1v) is 9.79. The Bertz CT molecular complexity index is 570. The van der Waals surface area contributed by atoms with E-state index in [1.807, 2.05) is 23.1 Å². The fourth-order valence-electron chi connectivity index (χ4n) is 3.79. The minimum Gasteiger partial charge on any atom is -0.379 e. The van der Waals surface area contributed by atoms with Crippen molar-refractivity contribution in [3.63, 3.8) is 0 Å². The number of carbonyl (C=O) groups is 1. The van der Waals surface area contributed by atoms with Crippen molar-refractivity contribution in [1.29, 1.82) is 0 Å². The molecule has 0 aromatic heterocycles. The molecule has 0 bridgehead atoms. The minimum atomic E-state index is -0.161. The Hall–Kier alpha value is -1.43. The maximum Gasteiger partial charge on any atom is 0.223 e. The van der Waals surface area contributed by atoms with Gasteiger partial charge in [-0.1, -0.05) is 44.2 Å². The van der Waals surface area contributed by atoms with Crippen LogP contribution in [-0.2, 0) is 19.7 Å². The van der Waals surface area contributed by atoms with Crippen LogP contribution in [0.4, 0.5) is 0 Å². The molecule has 0 spiro atoms. The van der Waals surface area contributed by atoms with E-state index in [9.17, 15) is 4.79 Å². The molecule has 144 valence electrons. The van der Waals surface area contributed by atoms with Crippen molar-refractivity contribution >= 4 is 5.91 Å². The van der Waals surface area contributed by atoms with E-state index < -0.39 is 0 Å². The molecule has 1 aromatic rings. The van der Waals surface area contributed by atoms with Crippen LogP contribution in [0.25, 0.3) is 0 Å². The fraction of sp³-hybridized carbons (Fsp3) is 0.667. The summed E-state index contributed by atoms with van der Waals surface area (Å²) < 4.78 is 11.4. The van der Waals surface area contributed by atoms with Gasteiger partial charge in [0, 0.05) is 45.8 Å². The van der Waals surface area contributed by atoms with Gasteiger partial charge in [-0.05, 0) is 17.4 Å². The number of hydrogen-bond acceptors (Lipinski definition) is 4. The maximum atomic E-state index is 13.0. The zero-order chi connectivity index (χ0) is 18.4. The summed E-state index contributed by atoms with van der Waals surface area (Å²) in [6.07, 6.45) is 1.54. The molecule has 3 rings (SSSR count). The van der Waals surface area contributed by atoms with Gasteiger partial charge in [-0.2, -0.15) is 0 Å². The molecule has 0 unspecified atom stereocenters. The summed E-state index contributed by atoms with van der Waals surface area (Å²) in [5.74, 6) is 0.233. The summed E-state index contributed by atoms with van der Waals surface area (Å²) in [6.45, 7) is 10.9. The van der Waals surface area contributed by atoms with Gasteiger partial charge in [-0.3, -0.25) is 9.69 Å². The van der Waals surface area contributed by atoms with Gasteiger partial charge in [-0.15, -0.1) is 0 Å². The molecule has 1 atom stereocenters. The van der Waals surface area contributed by atoms with E-state index in [-0.39, 0.29) is 17.4 Å². The van der Waals surface area contributed by atoms with E-state index in [4.69, 9.17) is 9.47 Å². The molecular formula is C21H32N2O3. The van der Waals surface area contributed by atoms with E-state index in [1.165, 1.54) is 5.56 Å². The molecule has 0 aliphatic carbocycles. The third-order valence-corrected chi connectivity index (χ3v) is 5.42. The first-order chi connectivity index (χ1) is 12.5. The van der Waals surface area contributed by atoms with Crippen molar-refractivity contribution in [2.75, 3.05) is 52.5 Å². The van der Waals surface area contributed by atoms with Gasteiger partial charge in [0.15, 0.2) is 0 Å². The van der Waals surface area contributed by atoms with E-state index in [0.717, 1.165) is 52.4 Å². The number of carbonyl (C=O) groups excluding carboxylic acids is 1. The quantitative estimate of drug-likeness (QED) is 0.808. The third-order valence-electron chi connectivity index (χ3n) is 5.42. The fourth-order valence-corrected chi connectivity index (χ4v) is 3.79. The summed E-state index contributed by atoms with van der Waals surface area (Å²) >= 11 is 0. The summed E-state index contributed by atoms with van der Waals surface area (Å²) in [5.41, 5.74) is 1.05. The Morgan fingerprint density at radius 1 is 1.12 bits per heavy atom. The normalized spacial score (nSPS) is 22.8. The highest BCUT2D eigenvalue weighted by Gasteiger charge is 2.30. The lowest BCUT2D eigenvalue weighted by Gasteiger charge is -2.33. The average Bonchev–Trinajstić information content (AvgIpc) is 2.89. The number of nitrogens with zero attached hydrogens (tertiary/aromatic N) is 2. The summed E-state index contributed by atoms with van der Waals surface area (Å²) in [6, 6.07) is 10.3. The maximum absolute atomic E-state index is 13.0. The Kier molecular flexibility index (Phi) is 6.68. The van der Waals surface area contributed by atoms with Gasteiger partial charge in [0.1, 0.15) is 0 Å². The standard InChI is InChI=1S/C21H32N2O3/c1-21(2,18-7-4-3-5-8-18)15-20(24)23-9-6-12-26-19(17-23)16-22-10-13-25-14-11-22/h3-5,7-8,19H,6,9-17H2,1-2H3/t19-/m0/s1. The van der Waals surface area contributed by atoms with Crippen molar-refractivity contribution in [2.24, 2.45) is 0 Å². The number of morpholine rings is 1. The number of amides is 1. The van der Waals surface area contributed by atoms with E-state index in [0.29, 0.717) is 13.0 Å². The lowest BCUT2D eigenvalue weighted by atomic mass is 9.81. The van der Waals surface area contributed by atoms with Crippen molar-refractivity contribution in [2.45, 2.75) is 38.2 Å². The van der Waals surface area contributed by atoms with Crippen LogP contribution in [0.2, 0.25) is 0 Å². The van der Waals surface area contributed by atoms with Crippen LogP contribution in [0, 0.1) is 0 Å². The smallest absolute Gasteiger partial charge is 0.223 e. The lowest BCUT2D eigenvalue weighted by Crippen LogP contribution is -2.46. The van der Waals surface area contributed by atoms with Crippen LogP contribution in [0.1, 0.15) is 32.3 Å². The van der Waals surface area contributed by atoms with E-state index in [1.54, 1.807) is 0 Å². The zero-order valence-corrected chi connectivity index (χ0v) is 16.2. The van der Waals surface area contributed by atoms with Crippen LogP contribution in [0.15, 0.2) is 30.3 Å². The van der Waals surface area contributed by atoms with Crippen molar-refractivity contribution in [3.8, 4) is 0 Å². The van der Waals surface area contributed by atoms with Gasteiger partial charge in [0.2, 0.25) is 5.91 Å². The second kappa shape index (κ2) is 8.98. The van der Waals surface area contributed by atoms with Crippen LogP contribution in [0.3, 0.4) is 0 Å². The second-order valence-electron chi connectivity index (χ2n) is 8.03. The van der Waals surface area contributed by atoms with Crippen LogP contribution in [0.5, 0.6) is 0 Å². The summed E-state index contributed by atoms with van der Waals surface area (Å²) in [4.78, 5) is 17.4. The first-order valence-electron chi connectivity index (χ1n) is 9.79. The van der Waals surface area contributed by atoms with Crippen molar-refractivity contribution in [3.05, 3.63) is 35.9 Å². The molecule has 2 fully saturated rings. The number of ether oxygens (including phenoxy) is 2. The first kappa shape index (κ1) is 19.3. The average molecular weight is 360 g/mol. The molecule has 0 N–H and O–H groups in total. The number of benzene rings is 1. The largest absolute Gasteiger partial charge is 0.379 e. The summed E-state index contributed by atoms with van der Waals surface area (Å²) in [7, 11) is 0. The molecule has 26 heavy (non-hydrogen) atoms. The highest BCUT2D eigenvalue weighted by atomic mass is 16.5. The molecule has 5 heteroatoms. The topological polar surface area (TPSA) is 42.0 Å². The molecule has 0 saturated carbocycles. The number of hydrogen-bond donors (Lipinski definition) is 0. The molecule has 2 heterocycles. The van der Waals surface area contributed by atoms with E-state index >= 15 is 0 Å². The summed E-state index contributed by atoms with van der Waals surface area (Å²) in [5, 5.41) is 0. The Morgan fingerprint density at radius 3 is 2.58 bits per heavy atom. The molecule has 0 radical (unpaired) electrons. The molecule has 5 nitrogen and oxygen atoms in total. The number of rotatable bonds is 5. The SMILES string of the molecule is CC(C)(CC(=O)N1CCCO[C@@H](CN2CCOCC2)C1)c1ccccc1. The van der Waals surface area contributed by atoms with Gasteiger partial charge in [-0.25, -0.2) is 0 Å². The van der Waals surface area contributed by atoms with Crippen LogP contribution >= 0.6 is 0 Å². The highest BCUT2D eigenvalue weighted by Crippen LogP contribution is 2.28. The van der Waals surface area contributed by atoms with Gasteiger partial charge in [0.25, 0.3) is 0 Å². The Balaban J connectivity index is 1.58. The van der Waals surface area contributed by atoms with Gasteiger partial charge >= 0.3 is 0 Å². The molecular weight excluding hydrogens is 328 g/mol. The Morgan fingerprint density at radius 2 is 1.85 bits per heavy atom. The van der Waals surface area contributed by atoms with Gasteiger partial charge in [0.05, 0.1) is 19.3 Å². The molecule has 1 amide bonds.